The van der Waals surface area contributed by atoms with E-state index in [-0.39, 0.29) is 5.91 Å². The van der Waals surface area contributed by atoms with E-state index in [9.17, 15) is 4.79 Å². The maximum absolute atomic E-state index is 12.0. The summed E-state index contributed by atoms with van der Waals surface area (Å²) in [6.07, 6.45) is 2.11. The van der Waals surface area contributed by atoms with Crippen molar-refractivity contribution >= 4 is 5.91 Å². The molecule has 1 heterocycles. The van der Waals surface area contributed by atoms with Gasteiger partial charge in [0.15, 0.2) is 0 Å². The minimum Gasteiger partial charge on any atom is -0.345 e. The standard InChI is InChI=1S/C19H27N3O/c1-16-15-22(14-10-19(23)21(2)12-6-11-20)13-9-18(16)17-7-4-3-5-8-17/h3-5,7-8,16,18H,6,9-10,12-15H2,1-2H3/t16-,18+/m0/s1. The SMILES string of the molecule is C[C@H]1CN(CCC(=O)N(C)CCC#N)CC[C@H]1c1ccccc1. The van der Waals surface area contributed by atoms with Gasteiger partial charge in [0.25, 0.3) is 0 Å². The summed E-state index contributed by atoms with van der Waals surface area (Å²) in [5, 5.41) is 8.58. The number of carbonyl (C=O) groups is 1. The number of likely N-dealkylation sites (tertiary alicyclic amines) is 1. The van der Waals surface area contributed by atoms with Crippen molar-refractivity contribution in [3.63, 3.8) is 0 Å². The highest BCUT2D eigenvalue weighted by atomic mass is 16.2. The number of hydrogen-bond acceptors (Lipinski definition) is 3. The van der Waals surface area contributed by atoms with Crippen molar-refractivity contribution in [2.75, 3.05) is 33.2 Å². The fraction of sp³-hybridized carbons (Fsp3) is 0.579. The molecule has 1 aromatic rings. The zero-order valence-corrected chi connectivity index (χ0v) is 14.2. The Morgan fingerprint density at radius 3 is 2.78 bits per heavy atom. The number of amides is 1. The van der Waals surface area contributed by atoms with Crippen LogP contribution in [-0.2, 0) is 4.79 Å². The largest absolute Gasteiger partial charge is 0.345 e. The lowest BCUT2D eigenvalue weighted by molar-refractivity contribution is -0.130. The number of hydrogen-bond donors (Lipinski definition) is 0. The fourth-order valence-corrected chi connectivity index (χ4v) is 3.42. The molecule has 1 amide bonds. The van der Waals surface area contributed by atoms with E-state index >= 15 is 0 Å². The Hall–Kier alpha value is -1.86. The van der Waals surface area contributed by atoms with Crippen molar-refractivity contribution in [1.29, 1.82) is 5.26 Å². The minimum atomic E-state index is 0.137. The van der Waals surface area contributed by atoms with Crippen LogP contribution in [0.5, 0.6) is 0 Å². The highest BCUT2D eigenvalue weighted by Gasteiger charge is 2.27. The van der Waals surface area contributed by atoms with E-state index < -0.39 is 0 Å². The molecule has 0 aliphatic carbocycles. The number of piperidine rings is 1. The van der Waals surface area contributed by atoms with E-state index in [1.54, 1.807) is 11.9 Å². The van der Waals surface area contributed by atoms with Gasteiger partial charge in [0.2, 0.25) is 5.91 Å². The van der Waals surface area contributed by atoms with Crippen molar-refractivity contribution in [1.82, 2.24) is 9.80 Å². The summed E-state index contributed by atoms with van der Waals surface area (Å²) in [5.74, 6) is 1.37. The highest BCUT2D eigenvalue weighted by molar-refractivity contribution is 5.76. The summed E-state index contributed by atoms with van der Waals surface area (Å²) < 4.78 is 0. The third-order valence-electron chi connectivity index (χ3n) is 4.84. The monoisotopic (exact) mass is 313 g/mol. The molecule has 1 aromatic carbocycles. The molecule has 1 saturated heterocycles. The lowest BCUT2D eigenvalue weighted by Gasteiger charge is -2.37. The predicted octanol–water partition coefficient (Wildman–Crippen LogP) is 2.87. The third-order valence-corrected chi connectivity index (χ3v) is 4.84. The maximum Gasteiger partial charge on any atom is 0.223 e. The number of nitrogens with zero attached hydrogens (tertiary/aromatic N) is 3. The second-order valence-corrected chi connectivity index (χ2v) is 6.56. The van der Waals surface area contributed by atoms with Gasteiger partial charge in [-0.25, -0.2) is 0 Å². The van der Waals surface area contributed by atoms with Crippen LogP contribution in [0.2, 0.25) is 0 Å². The molecular weight excluding hydrogens is 286 g/mol. The maximum atomic E-state index is 12.0. The first kappa shape index (κ1) is 17.5. The zero-order chi connectivity index (χ0) is 16.7. The second-order valence-electron chi connectivity index (χ2n) is 6.56. The molecule has 124 valence electrons. The van der Waals surface area contributed by atoms with Gasteiger partial charge in [-0.2, -0.15) is 5.26 Å². The Kier molecular flexibility index (Phi) is 6.61. The molecule has 0 aromatic heterocycles. The number of nitriles is 1. The third kappa shape index (κ3) is 5.07. The van der Waals surface area contributed by atoms with Gasteiger partial charge in [-0.1, -0.05) is 37.3 Å². The van der Waals surface area contributed by atoms with Gasteiger partial charge in [0, 0.05) is 33.1 Å². The highest BCUT2D eigenvalue weighted by Crippen LogP contribution is 2.32. The average Bonchev–Trinajstić information content (AvgIpc) is 2.58. The Labute approximate surface area is 139 Å². The van der Waals surface area contributed by atoms with Crippen LogP contribution in [0, 0.1) is 17.2 Å². The average molecular weight is 313 g/mol. The van der Waals surface area contributed by atoms with Crippen LogP contribution in [-0.4, -0.2) is 48.9 Å². The lowest BCUT2D eigenvalue weighted by atomic mass is 9.81. The van der Waals surface area contributed by atoms with Gasteiger partial charge >= 0.3 is 0 Å². The molecular formula is C19H27N3O. The molecule has 0 spiro atoms. The molecule has 4 heteroatoms. The zero-order valence-electron chi connectivity index (χ0n) is 14.2. The van der Waals surface area contributed by atoms with E-state index in [1.807, 2.05) is 0 Å². The van der Waals surface area contributed by atoms with Crippen molar-refractivity contribution < 1.29 is 4.79 Å². The summed E-state index contributed by atoms with van der Waals surface area (Å²) in [6, 6.07) is 12.8. The van der Waals surface area contributed by atoms with E-state index in [0.29, 0.717) is 31.2 Å². The van der Waals surface area contributed by atoms with Gasteiger partial charge in [-0.05, 0) is 30.4 Å². The molecule has 4 nitrogen and oxygen atoms in total. The molecule has 2 atom stereocenters. The number of rotatable bonds is 6. The second kappa shape index (κ2) is 8.69. The number of carbonyl (C=O) groups excluding carboxylic acids is 1. The first-order valence-electron chi connectivity index (χ1n) is 8.50. The van der Waals surface area contributed by atoms with Crippen molar-refractivity contribution in [3.05, 3.63) is 35.9 Å². The normalized spacial score (nSPS) is 21.6. The van der Waals surface area contributed by atoms with Crippen LogP contribution in [0.1, 0.15) is 37.7 Å². The Bertz CT molecular complexity index is 537. The topological polar surface area (TPSA) is 47.3 Å². The Morgan fingerprint density at radius 1 is 1.39 bits per heavy atom. The lowest BCUT2D eigenvalue weighted by Crippen LogP contribution is -2.40. The predicted molar refractivity (Wildman–Crippen MR) is 91.9 cm³/mol. The molecule has 0 radical (unpaired) electrons. The van der Waals surface area contributed by atoms with Crippen LogP contribution in [0.3, 0.4) is 0 Å². The first-order chi connectivity index (χ1) is 11.1. The summed E-state index contributed by atoms with van der Waals surface area (Å²) >= 11 is 0. The summed E-state index contributed by atoms with van der Waals surface area (Å²) in [4.78, 5) is 16.1. The molecule has 1 aliphatic heterocycles. The van der Waals surface area contributed by atoms with Crippen LogP contribution < -0.4 is 0 Å². The van der Waals surface area contributed by atoms with Crippen LogP contribution in [0.25, 0.3) is 0 Å². The minimum absolute atomic E-state index is 0.137. The molecule has 1 aliphatic rings. The molecule has 1 fully saturated rings. The van der Waals surface area contributed by atoms with Gasteiger partial charge in [0.1, 0.15) is 0 Å². The molecule has 0 saturated carbocycles. The van der Waals surface area contributed by atoms with Gasteiger partial charge < -0.3 is 9.80 Å². The molecule has 2 rings (SSSR count). The summed E-state index contributed by atoms with van der Waals surface area (Å²) in [7, 11) is 1.78. The molecule has 0 unspecified atom stereocenters. The van der Waals surface area contributed by atoms with Crippen LogP contribution in [0.15, 0.2) is 30.3 Å². The van der Waals surface area contributed by atoms with Crippen molar-refractivity contribution in [3.8, 4) is 6.07 Å². The Morgan fingerprint density at radius 2 is 2.13 bits per heavy atom. The smallest absolute Gasteiger partial charge is 0.223 e. The quantitative estimate of drug-likeness (QED) is 0.811. The number of benzene rings is 1. The van der Waals surface area contributed by atoms with E-state index in [4.69, 9.17) is 5.26 Å². The van der Waals surface area contributed by atoms with E-state index in [2.05, 4.69) is 48.2 Å². The van der Waals surface area contributed by atoms with Crippen LogP contribution in [0.4, 0.5) is 0 Å². The van der Waals surface area contributed by atoms with E-state index in [1.165, 1.54) is 5.56 Å². The molecule has 0 bridgehead atoms. The summed E-state index contributed by atoms with van der Waals surface area (Å²) in [5.41, 5.74) is 1.44. The molecule has 0 N–H and O–H groups in total. The van der Waals surface area contributed by atoms with Gasteiger partial charge in [-0.3, -0.25) is 4.79 Å². The van der Waals surface area contributed by atoms with Crippen LogP contribution >= 0.6 is 0 Å². The van der Waals surface area contributed by atoms with Gasteiger partial charge in [0.05, 0.1) is 12.5 Å². The fourth-order valence-electron chi connectivity index (χ4n) is 3.42. The van der Waals surface area contributed by atoms with Gasteiger partial charge in [-0.15, -0.1) is 0 Å². The summed E-state index contributed by atoms with van der Waals surface area (Å²) in [6.45, 7) is 5.77. The molecule has 23 heavy (non-hydrogen) atoms. The Balaban J connectivity index is 1.77. The van der Waals surface area contributed by atoms with Crippen molar-refractivity contribution in [2.24, 2.45) is 5.92 Å². The first-order valence-corrected chi connectivity index (χ1v) is 8.50. The van der Waals surface area contributed by atoms with E-state index in [0.717, 1.165) is 26.1 Å². The van der Waals surface area contributed by atoms with Crippen molar-refractivity contribution in [2.45, 2.75) is 32.1 Å².